The van der Waals surface area contributed by atoms with E-state index in [1.807, 2.05) is 0 Å². The molecule has 29 heavy (non-hydrogen) atoms. The highest BCUT2D eigenvalue weighted by Gasteiger charge is 2.37. The smallest absolute Gasteiger partial charge is 0.339 e. The van der Waals surface area contributed by atoms with E-state index >= 15 is 0 Å². The Morgan fingerprint density at radius 2 is 1.86 bits per heavy atom. The Morgan fingerprint density at radius 3 is 2.52 bits per heavy atom. The SMILES string of the molecule is CN1C(=O)CC(Sc2ccccc2C(=O)OCC(=O)Nc2ccc(F)cc2)C1=O. The summed E-state index contributed by atoms with van der Waals surface area (Å²) in [4.78, 5) is 49.7. The number of thioether (sulfide) groups is 1. The van der Waals surface area contributed by atoms with Crippen LogP contribution in [0.3, 0.4) is 0 Å². The van der Waals surface area contributed by atoms with Crippen LogP contribution in [0.15, 0.2) is 53.4 Å². The third-order valence-corrected chi connectivity index (χ3v) is 5.44. The molecule has 2 aromatic rings. The van der Waals surface area contributed by atoms with Crippen LogP contribution in [0.25, 0.3) is 0 Å². The summed E-state index contributed by atoms with van der Waals surface area (Å²) in [6.07, 6.45) is 0.0590. The fourth-order valence-electron chi connectivity index (χ4n) is 2.64. The van der Waals surface area contributed by atoms with Gasteiger partial charge in [-0.1, -0.05) is 12.1 Å². The second-order valence-corrected chi connectivity index (χ2v) is 7.47. The number of carbonyl (C=O) groups is 4. The van der Waals surface area contributed by atoms with Gasteiger partial charge in [0.25, 0.3) is 5.91 Å². The molecule has 1 heterocycles. The van der Waals surface area contributed by atoms with Crippen molar-refractivity contribution in [2.75, 3.05) is 19.0 Å². The summed E-state index contributed by atoms with van der Waals surface area (Å²) >= 11 is 1.11. The number of rotatable bonds is 6. The Balaban J connectivity index is 1.61. The van der Waals surface area contributed by atoms with Gasteiger partial charge in [0.2, 0.25) is 11.8 Å². The van der Waals surface area contributed by atoms with Gasteiger partial charge < -0.3 is 10.1 Å². The van der Waals surface area contributed by atoms with E-state index in [0.717, 1.165) is 16.7 Å². The zero-order valence-corrected chi connectivity index (χ0v) is 16.2. The van der Waals surface area contributed by atoms with E-state index in [2.05, 4.69) is 5.32 Å². The zero-order chi connectivity index (χ0) is 21.0. The van der Waals surface area contributed by atoms with Gasteiger partial charge in [-0.2, -0.15) is 0 Å². The van der Waals surface area contributed by atoms with Crippen LogP contribution in [0.2, 0.25) is 0 Å². The molecule has 1 unspecified atom stereocenters. The largest absolute Gasteiger partial charge is 0.452 e. The maximum atomic E-state index is 12.9. The van der Waals surface area contributed by atoms with Crippen molar-refractivity contribution in [3.8, 4) is 0 Å². The number of hydrogen-bond donors (Lipinski definition) is 1. The summed E-state index contributed by atoms with van der Waals surface area (Å²) in [6.45, 7) is -0.529. The predicted octanol–water partition coefficient (Wildman–Crippen LogP) is 2.47. The van der Waals surface area contributed by atoms with Gasteiger partial charge in [-0.05, 0) is 36.4 Å². The molecular formula is C20H17FN2O5S. The van der Waals surface area contributed by atoms with Crippen LogP contribution < -0.4 is 5.32 Å². The van der Waals surface area contributed by atoms with E-state index in [-0.39, 0.29) is 23.8 Å². The highest BCUT2D eigenvalue weighted by atomic mass is 32.2. The predicted molar refractivity (Wildman–Crippen MR) is 104 cm³/mol. The van der Waals surface area contributed by atoms with Crippen molar-refractivity contribution in [1.82, 2.24) is 4.90 Å². The van der Waals surface area contributed by atoms with Crippen molar-refractivity contribution in [2.24, 2.45) is 0 Å². The lowest BCUT2D eigenvalue weighted by Crippen LogP contribution is -2.26. The number of carbonyl (C=O) groups excluding carboxylic acids is 4. The van der Waals surface area contributed by atoms with Gasteiger partial charge in [-0.15, -0.1) is 11.8 Å². The fraction of sp³-hybridized carbons (Fsp3) is 0.200. The van der Waals surface area contributed by atoms with Gasteiger partial charge in [0.1, 0.15) is 5.82 Å². The number of amides is 3. The van der Waals surface area contributed by atoms with E-state index in [4.69, 9.17) is 4.74 Å². The third-order valence-electron chi connectivity index (χ3n) is 4.18. The van der Waals surface area contributed by atoms with Gasteiger partial charge in [-0.3, -0.25) is 19.3 Å². The second kappa shape index (κ2) is 8.87. The maximum absolute atomic E-state index is 12.9. The number of ether oxygens (including phenoxy) is 1. The average Bonchev–Trinajstić information content (AvgIpc) is 2.95. The van der Waals surface area contributed by atoms with Crippen LogP contribution in [0.4, 0.5) is 10.1 Å². The lowest BCUT2D eigenvalue weighted by atomic mass is 10.2. The van der Waals surface area contributed by atoms with Crippen molar-refractivity contribution in [1.29, 1.82) is 0 Å². The van der Waals surface area contributed by atoms with Crippen LogP contribution in [-0.4, -0.2) is 47.5 Å². The molecule has 3 amide bonds. The van der Waals surface area contributed by atoms with Crippen LogP contribution in [0.1, 0.15) is 16.8 Å². The van der Waals surface area contributed by atoms with E-state index in [9.17, 15) is 23.6 Å². The minimum Gasteiger partial charge on any atom is -0.452 e. The molecule has 0 spiro atoms. The first-order chi connectivity index (χ1) is 13.8. The second-order valence-electron chi connectivity index (χ2n) is 6.23. The summed E-state index contributed by atoms with van der Waals surface area (Å²) in [5.74, 6) is -2.33. The molecular weight excluding hydrogens is 399 g/mol. The molecule has 150 valence electrons. The first-order valence-corrected chi connectivity index (χ1v) is 9.51. The number of benzene rings is 2. The summed E-state index contributed by atoms with van der Waals surface area (Å²) in [5, 5.41) is 1.88. The molecule has 1 aliphatic rings. The molecule has 0 bridgehead atoms. The molecule has 7 nitrogen and oxygen atoms in total. The lowest BCUT2D eigenvalue weighted by molar-refractivity contribution is -0.136. The van der Waals surface area contributed by atoms with Gasteiger partial charge in [-0.25, -0.2) is 9.18 Å². The molecule has 0 aromatic heterocycles. The Kier molecular flexibility index (Phi) is 6.28. The third kappa shape index (κ3) is 5.00. The maximum Gasteiger partial charge on any atom is 0.339 e. The number of imide groups is 1. The van der Waals surface area contributed by atoms with E-state index in [0.29, 0.717) is 10.6 Å². The normalized spacial score (nSPS) is 16.1. The van der Waals surface area contributed by atoms with Gasteiger partial charge in [0.05, 0.1) is 10.8 Å². The fourth-order valence-corrected chi connectivity index (χ4v) is 3.87. The van der Waals surface area contributed by atoms with Crippen LogP contribution in [-0.2, 0) is 19.1 Å². The molecule has 0 radical (unpaired) electrons. The lowest BCUT2D eigenvalue weighted by Gasteiger charge is -2.12. The molecule has 0 saturated carbocycles. The highest BCUT2D eigenvalue weighted by molar-refractivity contribution is 8.00. The van der Waals surface area contributed by atoms with Gasteiger partial charge in [0, 0.05) is 24.1 Å². The highest BCUT2D eigenvalue weighted by Crippen LogP contribution is 2.33. The number of nitrogens with zero attached hydrogens (tertiary/aromatic N) is 1. The zero-order valence-electron chi connectivity index (χ0n) is 15.4. The molecule has 0 aliphatic carbocycles. The summed E-state index contributed by atoms with van der Waals surface area (Å²) in [6, 6.07) is 11.7. The standard InChI is InChI=1S/C20H17FN2O5S/c1-23-18(25)10-16(19(23)26)29-15-5-3-2-4-14(15)20(27)28-11-17(24)22-13-8-6-12(21)7-9-13/h2-9,16H,10-11H2,1H3,(H,22,24). The summed E-state index contributed by atoms with van der Waals surface area (Å²) in [5.41, 5.74) is 0.568. The number of nitrogens with one attached hydrogen (secondary N) is 1. The number of anilines is 1. The molecule has 1 fully saturated rings. The molecule has 1 aliphatic heterocycles. The summed E-state index contributed by atoms with van der Waals surface area (Å²) in [7, 11) is 1.42. The van der Waals surface area contributed by atoms with Crippen molar-refractivity contribution in [2.45, 2.75) is 16.6 Å². The first-order valence-electron chi connectivity index (χ1n) is 8.64. The Bertz CT molecular complexity index is 964. The summed E-state index contributed by atoms with van der Waals surface area (Å²) < 4.78 is 17.9. The van der Waals surface area contributed by atoms with E-state index < -0.39 is 29.6 Å². The van der Waals surface area contributed by atoms with Crippen molar-refractivity contribution < 1.29 is 28.3 Å². The Hall–Kier alpha value is -3.20. The number of hydrogen-bond acceptors (Lipinski definition) is 6. The molecule has 1 N–H and O–H groups in total. The average molecular weight is 416 g/mol. The number of halogens is 1. The number of likely N-dealkylation sites (tertiary alicyclic amines) is 1. The van der Waals surface area contributed by atoms with Crippen LogP contribution >= 0.6 is 11.8 Å². The molecule has 2 aromatic carbocycles. The Labute approximate surface area is 170 Å². The van der Waals surface area contributed by atoms with E-state index in [1.165, 1.54) is 37.4 Å². The van der Waals surface area contributed by atoms with Crippen molar-refractivity contribution in [3.63, 3.8) is 0 Å². The number of esters is 1. The molecule has 9 heteroatoms. The molecule has 1 saturated heterocycles. The minimum absolute atomic E-state index is 0.0590. The van der Waals surface area contributed by atoms with Gasteiger partial charge >= 0.3 is 5.97 Å². The first kappa shape index (κ1) is 20.5. The van der Waals surface area contributed by atoms with Crippen LogP contribution in [0, 0.1) is 5.82 Å². The van der Waals surface area contributed by atoms with Gasteiger partial charge in [0.15, 0.2) is 6.61 Å². The monoisotopic (exact) mass is 416 g/mol. The topological polar surface area (TPSA) is 92.8 Å². The van der Waals surface area contributed by atoms with Crippen molar-refractivity contribution >= 4 is 41.1 Å². The van der Waals surface area contributed by atoms with Crippen LogP contribution in [0.5, 0.6) is 0 Å². The van der Waals surface area contributed by atoms with E-state index in [1.54, 1.807) is 18.2 Å². The van der Waals surface area contributed by atoms with Crippen molar-refractivity contribution in [3.05, 3.63) is 59.9 Å². The Morgan fingerprint density at radius 1 is 1.17 bits per heavy atom. The molecule has 3 rings (SSSR count). The minimum atomic E-state index is -0.729. The quantitative estimate of drug-likeness (QED) is 0.575. The molecule has 1 atom stereocenters.